The third-order valence-electron chi connectivity index (χ3n) is 2.38. The molecule has 0 aliphatic heterocycles. The third-order valence-corrected chi connectivity index (χ3v) is 2.38. The zero-order chi connectivity index (χ0) is 11.1. The van der Waals surface area contributed by atoms with Crippen LogP contribution in [-0.2, 0) is 0 Å². The molecule has 0 aliphatic carbocycles. The second-order valence-electron chi connectivity index (χ2n) is 3.55. The number of hydrogen-bond donors (Lipinski definition) is 0. The molecule has 15 heavy (non-hydrogen) atoms. The van der Waals surface area contributed by atoms with E-state index in [-0.39, 0.29) is 5.78 Å². The quantitative estimate of drug-likeness (QED) is 0.686. The van der Waals surface area contributed by atoms with Crippen LogP contribution in [0.2, 0.25) is 0 Å². The predicted octanol–water partition coefficient (Wildman–Crippen LogP) is 3.20. The van der Waals surface area contributed by atoms with E-state index < -0.39 is 5.92 Å². The van der Waals surface area contributed by atoms with E-state index in [2.05, 4.69) is 13.0 Å². The molecule has 0 amide bonds. The van der Waals surface area contributed by atoms with Crippen LogP contribution in [0.1, 0.15) is 36.5 Å². The van der Waals surface area contributed by atoms with Crippen LogP contribution in [0.25, 0.3) is 0 Å². The molecule has 0 radical (unpaired) electrons. The molecule has 0 heterocycles. The molecule has 0 saturated heterocycles. The molecule has 1 atom stereocenters. The summed E-state index contributed by atoms with van der Waals surface area (Å²) >= 11 is 0. The van der Waals surface area contributed by atoms with Gasteiger partial charge in [-0.3, -0.25) is 4.79 Å². The maximum absolute atomic E-state index is 11.9. The Balaban J connectivity index is 2.70. The third kappa shape index (κ3) is 3.21. The lowest BCUT2D eigenvalue weighted by Crippen LogP contribution is -2.12. The molecule has 0 N–H and O–H groups in total. The Hall–Kier alpha value is -1.62. The van der Waals surface area contributed by atoms with E-state index in [1.54, 1.807) is 12.1 Å². The van der Waals surface area contributed by atoms with Crippen molar-refractivity contribution in [2.45, 2.75) is 26.2 Å². The summed E-state index contributed by atoms with van der Waals surface area (Å²) in [5, 5.41) is 8.91. The number of carbonyl (C=O) groups is 1. The fourth-order valence-corrected chi connectivity index (χ4v) is 1.47. The summed E-state index contributed by atoms with van der Waals surface area (Å²) in [6.45, 7) is 2.06. The van der Waals surface area contributed by atoms with Gasteiger partial charge in [-0.2, -0.15) is 5.26 Å². The lowest BCUT2D eigenvalue weighted by molar-refractivity contribution is 0.0943. The summed E-state index contributed by atoms with van der Waals surface area (Å²) in [5.74, 6) is -0.529. The van der Waals surface area contributed by atoms with Crippen molar-refractivity contribution in [2.24, 2.45) is 5.92 Å². The first kappa shape index (κ1) is 11.5. The van der Waals surface area contributed by atoms with Crippen LogP contribution >= 0.6 is 0 Å². The van der Waals surface area contributed by atoms with Gasteiger partial charge in [-0.1, -0.05) is 50.1 Å². The van der Waals surface area contributed by atoms with Crippen LogP contribution in [0.15, 0.2) is 30.3 Å². The van der Waals surface area contributed by atoms with Gasteiger partial charge in [0, 0.05) is 5.56 Å². The van der Waals surface area contributed by atoms with Crippen LogP contribution in [0, 0.1) is 17.2 Å². The average molecular weight is 201 g/mol. The maximum atomic E-state index is 11.9. The Kier molecular flexibility index (Phi) is 4.56. The smallest absolute Gasteiger partial charge is 0.179 e. The lowest BCUT2D eigenvalue weighted by Gasteiger charge is -2.06. The first-order valence-electron chi connectivity index (χ1n) is 5.28. The number of carbonyl (C=O) groups excluding carboxylic acids is 1. The van der Waals surface area contributed by atoms with Crippen LogP contribution in [0.3, 0.4) is 0 Å². The fourth-order valence-electron chi connectivity index (χ4n) is 1.47. The average Bonchev–Trinajstić information content (AvgIpc) is 2.31. The van der Waals surface area contributed by atoms with Gasteiger partial charge in [-0.25, -0.2) is 0 Å². The zero-order valence-electron chi connectivity index (χ0n) is 8.94. The molecule has 1 aromatic carbocycles. The highest BCUT2D eigenvalue weighted by Gasteiger charge is 2.18. The summed E-state index contributed by atoms with van der Waals surface area (Å²) in [6, 6.07) is 11.1. The monoisotopic (exact) mass is 201 g/mol. The lowest BCUT2D eigenvalue weighted by atomic mass is 9.94. The normalized spacial score (nSPS) is 11.7. The van der Waals surface area contributed by atoms with Crippen LogP contribution in [0.4, 0.5) is 0 Å². The van der Waals surface area contributed by atoms with Crippen molar-refractivity contribution in [1.29, 1.82) is 5.26 Å². The first-order chi connectivity index (χ1) is 7.29. The largest absolute Gasteiger partial charge is 0.293 e. The number of unbranched alkanes of at least 4 members (excludes halogenated alkanes) is 1. The summed E-state index contributed by atoms with van der Waals surface area (Å²) in [4.78, 5) is 11.9. The van der Waals surface area contributed by atoms with E-state index in [9.17, 15) is 4.79 Å². The molecule has 0 bridgehead atoms. The molecule has 2 nitrogen and oxygen atoms in total. The van der Waals surface area contributed by atoms with E-state index in [1.807, 2.05) is 18.2 Å². The predicted molar refractivity (Wildman–Crippen MR) is 59.4 cm³/mol. The Morgan fingerprint density at radius 2 is 2.07 bits per heavy atom. The molecular formula is C13H15NO. The van der Waals surface area contributed by atoms with Gasteiger partial charge in [-0.05, 0) is 6.42 Å². The van der Waals surface area contributed by atoms with Gasteiger partial charge in [0.1, 0.15) is 5.92 Å². The zero-order valence-corrected chi connectivity index (χ0v) is 8.94. The topological polar surface area (TPSA) is 40.9 Å². The number of benzene rings is 1. The van der Waals surface area contributed by atoms with E-state index in [4.69, 9.17) is 5.26 Å². The van der Waals surface area contributed by atoms with Crippen molar-refractivity contribution < 1.29 is 4.79 Å². The minimum Gasteiger partial charge on any atom is -0.293 e. The molecule has 0 fully saturated rings. The van der Waals surface area contributed by atoms with Crippen LogP contribution in [-0.4, -0.2) is 5.78 Å². The number of hydrogen-bond acceptors (Lipinski definition) is 2. The Labute approximate surface area is 90.5 Å². The van der Waals surface area contributed by atoms with E-state index in [0.717, 1.165) is 12.8 Å². The maximum Gasteiger partial charge on any atom is 0.179 e. The van der Waals surface area contributed by atoms with Crippen molar-refractivity contribution in [2.75, 3.05) is 0 Å². The van der Waals surface area contributed by atoms with E-state index in [0.29, 0.717) is 12.0 Å². The van der Waals surface area contributed by atoms with Crippen LogP contribution < -0.4 is 0 Å². The number of rotatable bonds is 5. The van der Waals surface area contributed by atoms with Gasteiger partial charge in [0.25, 0.3) is 0 Å². The van der Waals surface area contributed by atoms with Crippen molar-refractivity contribution >= 4 is 5.78 Å². The molecular weight excluding hydrogens is 186 g/mol. The second kappa shape index (κ2) is 5.98. The summed E-state index contributed by atoms with van der Waals surface area (Å²) in [7, 11) is 0. The minimum atomic E-state index is -0.479. The molecule has 1 rings (SSSR count). The first-order valence-corrected chi connectivity index (χ1v) is 5.28. The minimum absolute atomic E-state index is 0.0495. The van der Waals surface area contributed by atoms with Crippen LogP contribution in [0.5, 0.6) is 0 Å². The molecule has 0 saturated carbocycles. The second-order valence-corrected chi connectivity index (χ2v) is 3.55. The highest BCUT2D eigenvalue weighted by Crippen LogP contribution is 2.14. The van der Waals surface area contributed by atoms with E-state index >= 15 is 0 Å². The molecule has 0 spiro atoms. The Morgan fingerprint density at radius 3 is 2.60 bits per heavy atom. The summed E-state index contributed by atoms with van der Waals surface area (Å²) < 4.78 is 0. The molecule has 1 aromatic rings. The molecule has 0 aliphatic rings. The van der Waals surface area contributed by atoms with E-state index in [1.165, 1.54) is 0 Å². The standard InChI is InChI=1S/C13H15NO/c1-2-3-7-12(10-14)13(15)11-8-5-4-6-9-11/h4-6,8-9,12H,2-3,7H2,1H3/t12-/m0/s1. The molecule has 0 unspecified atom stereocenters. The number of nitrogens with zero attached hydrogens (tertiary/aromatic N) is 1. The van der Waals surface area contributed by atoms with Crippen molar-refractivity contribution in [1.82, 2.24) is 0 Å². The van der Waals surface area contributed by atoms with Gasteiger partial charge >= 0.3 is 0 Å². The molecule has 78 valence electrons. The number of nitriles is 1. The summed E-state index contributed by atoms with van der Waals surface area (Å²) in [6.07, 6.45) is 2.61. The van der Waals surface area contributed by atoms with Gasteiger partial charge in [0.2, 0.25) is 0 Å². The molecule has 2 heteroatoms. The summed E-state index contributed by atoms with van der Waals surface area (Å²) in [5.41, 5.74) is 0.639. The van der Waals surface area contributed by atoms with Gasteiger partial charge in [0.15, 0.2) is 5.78 Å². The van der Waals surface area contributed by atoms with Gasteiger partial charge in [-0.15, -0.1) is 0 Å². The van der Waals surface area contributed by atoms with Gasteiger partial charge in [0.05, 0.1) is 6.07 Å². The van der Waals surface area contributed by atoms with Crippen molar-refractivity contribution in [3.8, 4) is 6.07 Å². The van der Waals surface area contributed by atoms with Crippen molar-refractivity contribution in [3.05, 3.63) is 35.9 Å². The number of ketones is 1. The highest BCUT2D eigenvalue weighted by atomic mass is 16.1. The van der Waals surface area contributed by atoms with Crippen molar-refractivity contribution in [3.63, 3.8) is 0 Å². The van der Waals surface area contributed by atoms with Gasteiger partial charge < -0.3 is 0 Å². The fraction of sp³-hybridized carbons (Fsp3) is 0.385. The Bertz CT molecular complexity index is 351. The Morgan fingerprint density at radius 1 is 1.40 bits per heavy atom. The number of Topliss-reactive ketones (excluding diaryl/α,β-unsaturated/α-hetero) is 1. The SMILES string of the molecule is CCCC[C@@H](C#N)C(=O)c1ccccc1. The molecule has 0 aromatic heterocycles. The highest BCUT2D eigenvalue weighted by molar-refractivity contribution is 5.99.